The van der Waals surface area contributed by atoms with Gasteiger partial charge in [-0.1, -0.05) is 29.3 Å². The van der Waals surface area contributed by atoms with Crippen molar-refractivity contribution < 1.29 is 4.79 Å². The number of nitrogens with one attached hydrogen (secondary N) is 1. The minimum absolute atomic E-state index is 0.00493. The number of fused-ring (bicyclic) bond motifs is 1. The number of likely N-dealkylation sites (N-methyl/N-ethyl adjacent to an activating group) is 1. The van der Waals surface area contributed by atoms with Crippen LogP contribution < -0.4 is 5.32 Å². The molecule has 1 atom stereocenters. The third kappa shape index (κ3) is 3.31. The maximum atomic E-state index is 13.4. The largest absolute Gasteiger partial charge is 0.336 e. The van der Waals surface area contributed by atoms with Crippen molar-refractivity contribution in [2.75, 3.05) is 38.5 Å². The highest BCUT2D eigenvalue weighted by atomic mass is 35.5. The lowest BCUT2D eigenvalue weighted by molar-refractivity contribution is -0.129. The van der Waals surface area contributed by atoms with Crippen LogP contribution in [-0.2, 0) is 4.79 Å². The maximum Gasteiger partial charge on any atom is 0.254 e. The Morgan fingerprint density at radius 1 is 1.19 bits per heavy atom. The number of nitrogens with zero attached hydrogens (tertiary/aromatic N) is 5. The van der Waals surface area contributed by atoms with Gasteiger partial charge in [-0.25, -0.2) is 4.68 Å². The van der Waals surface area contributed by atoms with Crippen LogP contribution in [0.1, 0.15) is 18.5 Å². The first kappa shape index (κ1) is 18.3. The van der Waals surface area contributed by atoms with Gasteiger partial charge in [0, 0.05) is 31.9 Å². The van der Waals surface area contributed by atoms with Crippen molar-refractivity contribution in [2.24, 2.45) is 0 Å². The van der Waals surface area contributed by atoms with Gasteiger partial charge in [0.2, 0.25) is 5.95 Å². The summed E-state index contributed by atoms with van der Waals surface area (Å²) in [4.78, 5) is 21.8. The number of halogens is 2. The molecule has 9 heteroatoms. The maximum absolute atomic E-state index is 13.4. The number of aromatic nitrogens is 3. The van der Waals surface area contributed by atoms with Crippen molar-refractivity contribution in [3.8, 4) is 0 Å². The third-order valence-corrected chi connectivity index (χ3v) is 5.81. The first-order valence-electron chi connectivity index (χ1n) is 8.76. The van der Waals surface area contributed by atoms with Crippen molar-refractivity contribution in [2.45, 2.75) is 13.0 Å². The van der Waals surface area contributed by atoms with Crippen molar-refractivity contribution in [1.82, 2.24) is 24.6 Å². The molecular weight excluding hydrogens is 387 g/mol. The molecule has 0 saturated carbocycles. The highest BCUT2D eigenvalue weighted by molar-refractivity contribution is 6.42. The van der Waals surface area contributed by atoms with Gasteiger partial charge < -0.3 is 15.1 Å². The number of hydrogen-bond donors (Lipinski definition) is 1. The molecule has 2 aliphatic heterocycles. The van der Waals surface area contributed by atoms with E-state index in [1.54, 1.807) is 16.8 Å². The molecule has 1 N–H and O–H groups in total. The number of benzene rings is 1. The van der Waals surface area contributed by atoms with Gasteiger partial charge in [0.15, 0.2) is 0 Å². The number of amides is 1. The van der Waals surface area contributed by atoms with E-state index in [2.05, 4.69) is 27.3 Å². The van der Waals surface area contributed by atoms with E-state index in [-0.39, 0.29) is 5.91 Å². The Morgan fingerprint density at radius 3 is 2.63 bits per heavy atom. The second kappa shape index (κ2) is 7.14. The third-order valence-electron chi connectivity index (χ3n) is 5.07. The summed E-state index contributed by atoms with van der Waals surface area (Å²) >= 11 is 12.3. The van der Waals surface area contributed by atoms with Gasteiger partial charge in [-0.05, 0) is 31.7 Å². The SMILES string of the molecule is CC1=C(C(=O)N2CCN(C)CC2)[C@@H](c2ccc(Cl)c(Cl)c2)n2ncnc2N1. The molecule has 1 aromatic heterocycles. The van der Waals surface area contributed by atoms with Crippen LogP contribution in [0.5, 0.6) is 0 Å². The van der Waals surface area contributed by atoms with Crippen LogP contribution in [0.25, 0.3) is 0 Å². The fourth-order valence-corrected chi connectivity index (χ4v) is 3.84. The highest BCUT2D eigenvalue weighted by Gasteiger charge is 2.36. The first-order valence-corrected chi connectivity index (χ1v) is 9.51. The van der Waals surface area contributed by atoms with Crippen molar-refractivity contribution in [1.29, 1.82) is 0 Å². The summed E-state index contributed by atoms with van der Waals surface area (Å²) < 4.78 is 1.72. The molecule has 0 bridgehead atoms. The Balaban J connectivity index is 1.77. The van der Waals surface area contributed by atoms with Gasteiger partial charge in [0.1, 0.15) is 12.4 Å². The molecule has 0 aliphatic carbocycles. The van der Waals surface area contributed by atoms with Crippen LogP contribution in [0.2, 0.25) is 10.0 Å². The summed E-state index contributed by atoms with van der Waals surface area (Å²) in [6.45, 7) is 5.01. The van der Waals surface area contributed by atoms with Crippen molar-refractivity contribution in [3.05, 3.63) is 51.4 Å². The van der Waals surface area contributed by atoms with Crippen LogP contribution in [0.4, 0.5) is 5.95 Å². The molecule has 1 fully saturated rings. The fraction of sp³-hybridized carbons (Fsp3) is 0.389. The normalized spacial score (nSPS) is 20.4. The molecule has 0 spiro atoms. The summed E-state index contributed by atoms with van der Waals surface area (Å²) in [5.74, 6) is 0.601. The lowest BCUT2D eigenvalue weighted by atomic mass is 9.94. The highest BCUT2D eigenvalue weighted by Crippen LogP contribution is 2.37. The summed E-state index contributed by atoms with van der Waals surface area (Å²) in [5.41, 5.74) is 2.26. The molecule has 2 aromatic rings. The van der Waals surface area contributed by atoms with E-state index in [1.165, 1.54) is 6.33 Å². The quantitative estimate of drug-likeness (QED) is 0.829. The predicted octanol–water partition coefficient (Wildman–Crippen LogP) is 2.65. The molecule has 0 radical (unpaired) electrons. The summed E-state index contributed by atoms with van der Waals surface area (Å²) in [7, 11) is 2.06. The van der Waals surface area contributed by atoms with Crippen LogP contribution in [0, 0.1) is 0 Å². The van der Waals surface area contributed by atoms with E-state index < -0.39 is 6.04 Å². The van der Waals surface area contributed by atoms with Crippen molar-refractivity contribution >= 4 is 35.1 Å². The zero-order valence-corrected chi connectivity index (χ0v) is 16.6. The second-order valence-electron chi connectivity index (χ2n) is 6.86. The van der Waals surface area contributed by atoms with Crippen LogP contribution in [-0.4, -0.2) is 63.7 Å². The Labute approximate surface area is 167 Å². The standard InChI is InChI=1S/C18H20Cl2N6O/c1-11-15(17(27)25-7-5-24(2)6-8-25)16(26-18(23-11)21-10-22-26)12-3-4-13(19)14(20)9-12/h3-4,9-10,16H,5-8H2,1-2H3,(H,21,22,23)/t16-/m1/s1. The molecule has 4 rings (SSSR count). The monoisotopic (exact) mass is 406 g/mol. The molecule has 1 aromatic carbocycles. The summed E-state index contributed by atoms with van der Waals surface area (Å²) in [5, 5.41) is 8.46. The topological polar surface area (TPSA) is 66.3 Å². The minimum Gasteiger partial charge on any atom is -0.336 e. The molecule has 142 valence electrons. The van der Waals surface area contributed by atoms with E-state index in [0.29, 0.717) is 34.7 Å². The van der Waals surface area contributed by atoms with Gasteiger partial charge in [-0.3, -0.25) is 4.79 Å². The van der Waals surface area contributed by atoms with Gasteiger partial charge in [-0.2, -0.15) is 10.1 Å². The number of hydrogen-bond acceptors (Lipinski definition) is 5. The van der Waals surface area contributed by atoms with Crippen LogP contribution in [0.15, 0.2) is 35.8 Å². The van der Waals surface area contributed by atoms with Gasteiger partial charge >= 0.3 is 0 Å². The Bertz CT molecular complexity index is 916. The number of carbonyl (C=O) groups is 1. The number of rotatable bonds is 2. The zero-order chi connectivity index (χ0) is 19.1. The predicted molar refractivity (Wildman–Crippen MR) is 105 cm³/mol. The van der Waals surface area contributed by atoms with E-state index >= 15 is 0 Å². The molecule has 27 heavy (non-hydrogen) atoms. The number of anilines is 1. The van der Waals surface area contributed by atoms with E-state index in [9.17, 15) is 4.79 Å². The summed E-state index contributed by atoms with van der Waals surface area (Å²) in [6, 6.07) is 4.99. The lowest BCUT2D eigenvalue weighted by Gasteiger charge is -2.36. The lowest BCUT2D eigenvalue weighted by Crippen LogP contribution is -2.49. The van der Waals surface area contributed by atoms with Gasteiger partial charge in [0.05, 0.1) is 15.6 Å². The number of allylic oxidation sites excluding steroid dienone is 1. The zero-order valence-electron chi connectivity index (χ0n) is 15.1. The van der Waals surface area contributed by atoms with Gasteiger partial charge in [0.25, 0.3) is 5.91 Å². The minimum atomic E-state index is -0.411. The first-order chi connectivity index (χ1) is 13.0. The Kier molecular flexibility index (Phi) is 4.84. The molecule has 1 saturated heterocycles. The van der Waals surface area contributed by atoms with Crippen LogP contribution >= 0.6 is 23.2 Å². The smallest absolute Gasteiger partial charge is 0.254 e. The average molecular weight is 407 g/mol. The molecule has 3 heterocycles. The van der Waals surface area contributed by atoms with E-state index in [4.69, 9.17) is 23.2 Å². The Morgan fingerprint density at radius 2 is 1.93 bits per heavy atom. The van der Waals surface area contributed by atoms with E-state index in [0.717, 1.165) is 24.4 Å². The van der Waals surface area contributed by atoms with Gasteiger partial charge in [-0.15, -0.1) is 0 Å². The number of piperazine rings is 1. The molecule has 0 unspecified atom stereocenters. The van der Waals surface area contributed by atoms with E-state index in [1.807, 2.05) is 17.9 Å². The van der Waals surface area contributed by atoms with Crippen molar-refractivity contribution in [3.63, 3.8) is 0 Å². The fourth-order valence-electron chi connectivity index (χ4n) is 3.54. The second-order valence-corrected chi connectivity index (χ2v) is 7.68. The van der Waals surface area contributed by atoms with Crippen LogP contribution in [0.3, 0.4) is 0 Å². The average Bonchev–Trinajstić information content (AvgIpc) is 3.11. The summed E-state index contributed by atoms with van der Waals surface area (Å²) in [6.07, 6.45) is 1.48. The number of carbonyl (C=O) groups excluding carboxylic acids is 1. The molecule has 2 aliphatic rings. The Hall–Kier alpha value is -2.09. The molecular formula is C18H20Cl2N6O. The molecule has 1 amide bonds. The molecule has 7 nitrogen and oxygen atoms in total.